The van der Waals surface area contributed by atoms with Crippen LogP contribution in [-0.4, -0.2) is 15.7 Å². The first-order chi connectivity index (χ1) is 8.08. The maximum absolute atomic E-state index is 12.0. The fraction of sp³-hybridized carbons (Fsp3) is 0.0909. The number of aryl methyl sites for hydroxylation is 1. The van der Waals surface area contributed by atoms with Gasteiger partial charge in [-0.05, 0) is 57.3 Å². The highest BCUT2D eigenvalue weighted by Crippen LogP contribution is 2.18. The third-order valence-electron chi connectivity index (χ3n) is 2.12. The van der Waals surface area contributed by atoms with Gasteiger partial charge in [0.1, 0.15) is 0 Å². The molecule has 88 valence electrons. The summed E-state index contributed by atoms with van der Waals surface area (Å²) in [4.78, 5) is 12.0. The Labute approximate surface area is 126 Å². The van der Waals surface area contributed by atoms with Crippen LogP contribution < -0.4 is 5.32 Å². The average molecular weight is 453 g/mol. The normalized spacial score (nSPS) is 10.3. The molecule has 0 bridgehead atoms. The molecule has 1 N–H and O–H groups in total. The Bertz CT molecular complexity index is 566. The molecule has 0 atom stereocenters. The molecule has 0 aliphatic carbocycles. The molecule has 1 heterocycles. The number of hydrogen-bond donors (Lipinski definition) is 1. The van der Waals surface area contributed by atoms with Gasteiger partial charge in [0.05, 0.1) is 9.26 Å². The van der Waals surface area contributed by atoms with Gasteiger partial charge in [0.2, 0.25) is 0 Å². The third kappa shape index (κ3) is 2.97. The molecule has 0 radical (unpaired) electrons. The van der Waals surface area contributed by atoms with E-state index in [4.69, 9.17) is 0 Å². The van der Waals surface area contributed by atoms with Crippen LogP contribution in [0.3, 0.4) is 0 Å². The monoisotopic (exact) mass is 453 g/mol. The number of carbonyl (C=O) groups is 1. The molecule has 0 aliphatic rings. The van der Waals surface area contributed by atoms with Crippen molar-refractivity contribution in [3.8, 4) is 0 Å². The van der Waals surface area contributed by atoms with E-state index in [2.05, 4.69) is 55.6 Å². The Balaban J connectivity index is 2.23. The molecule has 2 rings (SSSR count). The molecular formula is C11H9I2N3O. The quantitative estimate of drug-likeness (QED) is 0.712. The van der Waals surface area contributed by atoms with Crippen LogP contribution >= 0.6 is 45.2 Å². The van der Waals surface area contributed by atoms with Crippen molar-refractivity contribution < 1.29 is 4.79 Å². The number of benzene rings is 1. The summed E-state index contributed by atoms with van der Waals surface area (Å²) in [5, 5.41) is 6.98. The van der Waals surface area contributed by atoms with Crippen LogP contribution in [0.25, 0.3) is 0 Å². The Morgan fingerprint density at radius 2 is 2.00 bits per heavy atom. The van der Waals surface area contributed by atoms with Crippen molar-refractivity contribution in [2.75, 3.05) is 5.32 Å². The second-order valence-electron chi connectivity index (χ2n) is 3.43. The van der Waals surface area contributed by atoms with Crippen molar-refractivity contribution in [2.45, 2.75) is 0 Å². The van der Waals surface area contributed by atoms with Crippen molar-refractivity contribution in [3.63, 3.8) is 0 Å². The lowest BCUT2D eigenvalue weighted by Gasteiger charge is -2.05. The highest BCUT2D eigenvalue weighted by Gasteiger charge is 2.15. The van der Waals surface area contributed by atoms with Crippen LogP contribution in [0.15, 0.2) is 30.5 Å². The number of carbonyl (C=O) groups excluding carboxylic acids is 1. The topological polar surface area (TPSA) is 46.9 Å². The zero-order valence-electron chi connectivity index (χ0n) is 8.95. The SMILES string of the molecule is Cn1cc(I)c(C(=O)Nc2ccccc2I)n1. The molecule has 6 heteroatoms. The van der Waals surface area contributed by atoms with Crippen molar-refractivity contribution in [1.29, 1.82) is 0 Å². The molecule has 0 unspecified atom stereocenters. The maximum Gasteiger partial charge on any atom is 0.277 e. The summed E-state index contributed by atoms with van der Waals surface area (Å²) in [5.74, 6) is -0.181. The number of amides is 1. The van der Waals surface area contributed by atoms with Gasteiger partial charge in [-0.1, -0.05) is 12.1 Å². The summed E-state index contributed by atoms with van der Waals surface area (Å²) in [6.45, 7) is 0. The number of hydrogen-bond acceptors (Lipinski definition) is 2. The summed E-state index contributed by atoms with van der Waals surface area (Å²) in [5.41, 5.74) is 1.26. The first kappa shape index (κ1) is 12.8. The van der Waals surface area contributed by atoms with E-state index in [1.54, 1.807) is 11.7 Å². The number of nitrogens with zero attached hydrogens (tertiary/aromatic N) is 2. The molecule has 0 aliphatic heterocycles. The van der Waals surface area contributed by atoms with Gasteiger partial charge < -0.3 is 5.32 Å². The lowest BCUT2D eigenvalue weighted by atomic mass is 10.3. The van der Waals surface area contributed by atoms with Gasteiger partial charge in [0, 0.05) is 16.8 Å². The van der Waals surface area contributed by atoms with E-state index in [-0.39, 0.29) is 5.91 Å². The molecule has 2 aromatic rings. The van der Waals surface area contributed by atoms with Crippen LogP contribution in [0.2, 0.25) is 0 Å². The third-order valence-corrected chi connectivity index (χ3v) is 3.85. The van der Waals surface area contributed by atoms with Gasteiger partial charge >= 0.3 is 0 Å². The van der Waals surface area contributed by atoms with Gasteiger partial charge in [-0.3, -0.25) is 9.48 Å². The van der Waals surface area contributed by atoms with E-state index in [9.17, 15) is 4.79 Å². The minimum absolute atomic E-state index is 0.181. The number of halogens is 2. The number of nitrogens with one attached hydrogen (secondary N) is 1. The molecule has 0 spiro atoms. The molecule has 0 saturated heterocycles. The molecule has 1 aromatic carbocycles. The largest absolute Gasteiger partial charge is 0.320 e. The van der Waals surface area contributed by atoms with Gasteiger partial charge in [0.25, 0.3) is 5.91 Å². The second kappa shape index (κ2) is 5.34. The van der Waals surface area contributed by atoms with Crippen molar-refractivity contribution >= 4 is 56.8 Å². The van der Waals surface area contributed by atoms with Crippen LogP contribution in [-0.2, 0) is 7.05 Å². The minimum Gasteiger partial charge on any atom is -0.320 e. The van der Waals surface area contributed by atoms with Gasteiger partial charge in [-0.15, -0.1) is 0 Å². The van der Waals surface area contributed by atoms with E-state index >= 15 is 0 Å². The van der Waals surface area contributed by atoms with Crippen molar-refractivity contribution in [1.82, 2.24) is 9.78 Å². The Morgan fingerprint density at radius 1 is 1.29 bits per heavy atom. The first-order valence-corrected chi connectivity index (χ1v) is 6.98. The van der Waals surface area contributed by atoms with Gasteiger partial charge in [-0.25, -0.2) is 0 Å². The smallest absolute Gasteiger partial charge is 0.277 e. The number of rotatable bonds is 2. The molecular weight excluding hydrogens is 444 g/mol. The lowest BCUT2D eigenvalue weighted by molar-refractivity contribution is 0.102. The van der Waals surface area contributed by atoms with Crippen molar-refractivity contribution in [3.05, 3.63) is 43.3 Å². The van der Waals surface area contributed by atoms with Crippen LogP contribution in [0, 0.1) is 7.14 Å². The zero-order valence-corrected chi connectivity index (χ0v) is 13.3. The number of para-hydroxylation sites is 1. The van der Waals surface area contributed by atoms with E-state index in [1.807, 2.05) is 30.5 Å². The summed E-state index contributed by atoms with van der Waals surface area (Å²) >= 11 is 4.29. The van der Waals surface area contributed by atoms with Crippen LogP contribution in [0.5, 0.6) is 0 Å². The highest BCUT2D eigenvalue weighted by atomic mass is 127. The van der Waals surface area contributed by atoms with E-state index in [0.717, 1.165) is 12.8 Å². The van der Waals surface area contributed by atoms with Gasteiger partial charge in [-0.2, -0.15) is 5.10 Å². The Kier molecular flexibility index (Phi) is 4.02. The van der Waals surface area contributed by atoms with Crippen LogP contribution in [0.4, 0.5) is 5.69 Å². The molecule has 0 saturated carbocycles. The maximum atomic E-state index is 12.0. The van der Waals surface area contributed by atoms with E-state index in [0.29, 0.717) is 5.69 Å². The zero-order chi connectivity index (χ0) is 12.4. The fourth-order valence-electron chi connectivity index (χ4n) is 1.36. The summed E-state index contributed by atoms with van der Waals surface area (Å²) < 4.78 is 3.48. The van der Waals surface area contributed by atoms with Crippen LogP contribution in [0.1, 0.15) is 10.5 Å². The fourth-order valence-corrected chi connectivity index (χ4v) is 2.64. The van der Waals surface area contributed by atoms with Crippen molar-refractivity contribution in [2.24, 2.45) is 7.05 Å². The summed E-state index contributed by atoms with van der Waals surface area (Å²) in [6, 6.07) is 7.64. The molecule has 1 amide bonds. The average Bonchev–Trinajstić information content (AvgIpc) is 2.61. The molecule has 1 aromatic heterocycles. The summed E-state index contributed by atoms with van der Waals surface area (Å²) in [6.07, 6.45) is 1.81. The standard InChI is InChI=1S/C11H9I2N3O/c1-16-6-8(13)10(15-16)11(17)14-9-5-3-2-4-7(9)12/h2-6H,1H3,(H,14,17). The molecule has 0 fully saturated rings. The lowest BCUT2D eigenvalue weighted by Crippen LogP contribution is -2.14. The molecule has 17 heavy (non-hydrogen) atoms. The predicted molar refractivity (Wildman–Crippen MR) is 83.0 cm³/mol. The predicted octanol–water partition coefficient (Wildman–Crippen LogP) is 2.88. The Hall–Kier alpha value is -0.640. The van der Waals surface area contributed by atoms with E-state index < -0.39 is 0 Å². The number of anilines is 1. The number of aromatic nitrogens is 2. The van der Waals surface area contributed by atoms with Gasteiger partial charge in [0.15, 0.2) is 5.69 Å². The highest BCUT2D eigenvalue weighted by molar-refractivity contribution is 14.1. The molecule has 4 nitrogen and oxygen atoms in total. The Morgan fingerprint density at radius 3 is 2.59 bits per heavy atom. The first-order valence-electron chi connectivity index (χ1n) is 4.83. The van der Waals surface area contributed by atoms with E-state index in [1.165, 1.54) is 0 Å². The summed E-state index contributed by atoms with van der Waals surface area (Å²) in [7, 11) is 1.80. The minimum atomic E-state index is -0.181. The second-order valence-corrected chi connectivity index (χ2v) is 5.76.